The van der Waals surface area contributed by atoms with Crippen molar-refractivity contribution in [3.8, 4) is 0 Å². The highest BCUT2D eigenvalue weighted by Crippen LogP contribution is 2.29. The fourth-order valence-corrected chi connectivity index (χ4v) is 3.91. The van der Waals surface area contributed by atoms with Gasteiger partial charge in [0.25, 0.3) is 0 Å². The van der Waals surface area contributed by atoms with Gasteiger partial charge in [0, 0.05) is 42.2 Å². The van der Waals surface area contributed by atoms with Gasteiger partial charge in [-0.2, -0.15) is 0 Å². The van der Waals surface area contributed by atoms with Crippen molar-refractivity contribution in [2.75, 3.05) is 31.1 Å². The molecule has 4 heterocycles. The Hall–Kier alpha value is -2.51. The van der Waals surface area contributed by atoms with E-state index in [2.05, 4.69) is 41.8 Å². The van der Waals surface area contributed by atoms with Crippen LogP contribution in [0.25, 0.3) is 22.1 Å². The Morgan fingerprint density at radius 3 is 2.74 bits per heavy atom. The molecule has 0 radical (unpaired) electrons. The largest absolute Gasteiger partial charge is 0.453 e. The first-order valence-corrected chi connectivity index (χ1v) is 9.76. The van der Waals surface area contributed by atoms with Gasteiger partial charge in [0.1, 0.15) is 16.9 Å². The molecule has 1 fully saturated rings. The number of piperazine rings is 1. The van der Waals surface area contributed by atoms with E-state index in [-0.39, 0.29) is 0 Å². The van der Waals surface area contributed by atoms with Gasteiger partial charge in [0.15, 0.2) is 5.58 Å². The summed E-state index contributed by atoms with van der Waals surface area (Å²) >= 11 is 3.52. The number of aromatic nitrogens is 3. The number of anilines is 1. The van der Waals surface area contributed by atoms with Crippen LogP contribution in [0.15, 0.2) is 57.8 Å². The van der Waals surface area contributed by atoms with Crippen LogP contribution in [0.3, 0.4) is 0 Å². The van der Waals surface area contributed by atoms with E-state index in [9.17, 15) is 0 Å². The first-order chi connectivity index (χ1) is 13.3. The molecule has 0 spiro atoms. The average molecular weight is 424 g/mol. The van der Waals surface area contributed by atoms with Gasteiger partial charge in [-0.3, -0.25) is 9.88 Å². The molecule has 6 nitrogen and oxygen atoms in total. The minimum Gasteiger partial charge on any atom is -0.453 e. The molecule has 27 heavy (non-hydrogen) atoms. The zero-order valence-electron chi connectivity index (χ0n) is 14.7. The fourth-order valence-electron chi connectivity index (χ4n) is 3.55. The van der Waals surface area contributed by atoms with E-state index in [4.69, 9.17) is 9.40 Å². The van der Waals surface area contributed by atoms with Crippen LogP contribution in [0, 0.1) is 0 Å². The molecule has 3 aromatic heterocycles. The molecule has 0 bridgehead atoms. The lowest BCUT2D eigenvalue weighted by Gasteiger charge is -2.35. The van der Waals surface area contributed by atoms with Gasteiger partial charge < -0.3 is 9.32 Å². The maximum Gasteiger partial charge on any atom is 0.172 e. The van der Waals surface area contributed by atoms with Crippen molar-refractivity contribution in [1.29, 1.82) is 0 Å². The Labute approximate surface area is 165 Å². The molecule has 0 aliphatic carbocycles. The molecule has 1 aliphatic rings. The predicted molar refractivity (Wildman–Crippen MR) is 109 cm³/mol. The lowest BCUT2D eigenvalue weighted by molar-refractivity contribution is 0.244. The lowest BCUT2D eigenvalue weighted by atomic mass is 10.2. The second-order valence-corrected chi connectivity index (χ2v) is 7.63. The molecule has 4 aromatic rings. The van der Waals surface area contributed by atoms with Crippen LogP contribution >= 0.6 is 15.9 Å². The highest BCUT2D eigenvalue weighted by molar-refractivity contribution is 9.10. The highest BCUT2D eigenvalue weighted by atomic mass is 79.9. The normalized spacial score (nSPS) is 15.7. The second kappa shape index (κ2) is 6.90. The number of halogens is 1. The molecular formula is C20H18BrN5O. The van der Waals surface area contributed by atoms with Crippen LogP contribution in [0.4, 0.5) is 5.69 Å². The van der Waals surface area contributed by atoms with Gasteiger partial charge in [-0.05, 0) is 30.3 Å². The first-order valence-electron chi connectivity index (χ1n) is 8.97. The minimum atomic E-state index is 0.730. The molecule has 0 N–H and O–H groups in total. The number of pyridine rings is 1. The second-order valence-electron chi connectivity index (χ2n) is 6.72. The molecule has 1 aliphatic heterocycles. The summed E-state index contributed by atoms with van der Waals surface area (Å²) in [4.78, 5) is 18.3. The molecule has 1 saturated heterocycles. The number of fused-ring (bicyclic) bond motifs is 3. The summed E-state index contributed by atoms with van der Waals surface area (Å²) in [6, 6.07) is 10.1. The van der Waals surface area contributed by atoms with E-state index in [1.807, 2.05) is 36.7 Å². The number of hydrogen-bond donors (Lipinski definition) is 0. The van der Waals surface area contributed by atoms with E-state index < -0.39 is 0 Å². The third-order valence-corrected chi connectivity index (χ3v) is 5.46. The van der Waals surface area contributed by atoms with Crippen LogP contribution in [-0.4, -0.2) is 46.0 Å². The van der Waals surface area contributed by atoms with Crippen LogP contribution < -0.4 is 4.90 Å². The van der Waals surface area contributed by atoms with Gasteiger partial charge >= 0.3 is 0 Å². The van der Waals surface area contributed by atoms with Gasteiger partial charge in [-0.1, -0.05) is 15.9 Å². The average Bonchev–Trinajstić information content (AvgIpc) is 3.06. The number of furan rings is 1. The Kier molecular flexibility index (Phi) is 4.26. The van der Waals surface area contributed by atoms with Crippen LogP contribution in [0.5, 0.6) is 0 Å². The van der Waals surface area contributed by atoms with Crippen molar-refractivity contribution in [3.05, 3.63) is 59.2 Å². The lowest BCUT2D eigenvalue weighted by Crippen LogP contribution is -2.46. The molecule has 0 atom stereocenters. The summed E-state index contributed by atoms with van der Waals surface area (Å²) in [5.41, 5.74) is 3.63. The zero-order valence-corrected chi connectivity index (χ0v) is 16.3. The van der Waals surface area contributed by atoms with Crippen molar-refractivity contribution in [2.24, 2.45) is 0 Å². The topological polar surface area (TPSA) is 58.3 Å². The van der Waals surface area contributed by atoms with Gasteiger partial charge in [-0.25, -0.2) is 9.97 Å². The monoisotopic (exact) mass is 423 g/mol. The smallest absolute Gasteiger partial charge is 0.172 e. The van der Waals surface area contributed by atoms with Gasteiger partial charge in [0.2, 0.25) is 0 Å². The highest BCUT2D eigenvalue weighted by Gasteiger charge is 2.19. The van der Waals surface area contributed by atoms with E-state index in [0.717, 1.165) is 65.1 Å². The molecule has 0 saturated carbocycles. The molecule has 7 heteroatoms. The molecular weight excluding hydrogens is 406 g/mol. The SMILES string of the molecule is Brc1ccc2oc3cnc(CN4CCN(c5cccnc5)CC4)nc3c2c1. The quantitative estimate of drug-likeness (QED) is 0.498. The molecule has 0 unspecified atom stereocenters. The van der Waals surface area contributed by atoms with Gasteiger partial charge in [-0.15, -0.1) is 0 Å². The minimum absolute atomic E-state index is 0.730. The number of benzene rings is 1. The van der Waals surface area contributed by atoms with Crippen molar-refractivity contribution in [1.82, 2.24) is 19.9 Å². The van der Waals surface area contributed by atoms with Crippen molar-refractivity contribution in [2.45, 2.75) is 6.54 Å². The number of rotatable bonds is 3. The molecule has 1 aromatic carbocycles. The standard InChI is InChI=1S/C20H18BrN5O/c21-14-3-4-17-16(10-14)20-18(27-17)12-23-19(24-20)13-25-6-8-26(9-7-25)15-2-1-5-22-11-15/h1-5,10-12H,6-9,13H2. The van der Waals surface area contributed by atoms with E-state index in [0.29, 0.717) is 0 Å². The molecule has 0 amide bonds. The summed E-state index contributed by atoms with van der Waals surface area (Å²) in [7, 11) is 0. The van der Waals surface area contributed by atoms with Crippen molar-refractivity contribution < 1.29 is 4.42 Å². The summed E-state index contributed by atoms with van der Waals surface area (Å²) in [5.74, 6) is 0.833. The maximum absolute atomic E-state index is 5.84. The number of nitrogens with zero attached hydrogens (tertiary/aromatic N) is 5. The Bertz CT molecular complexity index is 1090. The third kappa shape index (κ3) is 3.28. The van der Waals surface area contributed by atoms with E-state index >= 15 is 0 Å². The van der Waals surface area contributed by atoms with Crippen LogP contribution in [-0.2, 0) is 6.54 Å². The maximum atomic E-state index is 5.84. The first kappa shape index (κ1) is 16.6. The van der Waals surface area contributed by atoms with Gasteiger partial charge in [0.05, 0.1) is 24.6 Å². The van der Waals surface area contributed by atoms with Crippen molar-refractivity contribution >= 4 is 43.7 Å². The molecule has 5 rings (SSSR count). The van der Waals surface area contributed by atoms with E-state index in [1.165, 1.54) is 5.69 Å². The number of hydrogen-bond acceptors (Lipinski definition) is 6. The summed E-state index contributed by atoms with van der Waals surface area (Å²) in [6.45, 7) is 4.67. The van der Waals surface area contributed by atoms with E-state index in [1.54, 1.807) is 6.20 Å². The third-order valence-electron chi connectivity index (χ3n) is 4.97. The predicted octanol–water partition coefficient (Wildman–Crippen LogP) is 3.86. The van der Waals surface area contributed by atoms with Crippen LogP contribution in [0.1, 0.15) is 5.82 Å². The van der Waals surface area contributed by atoms with Crippen LogP contribution in [0.2, 0.25) is 0 Å². The fraction of sp³-hybridized carbons (Fsp3) is 0.250. The molecule has 136 valence electrons. The summed E-state index contributed by atoms with van der Waals surface area (Å²) in [5, 5.41) is 1.02. The summed E-state index contributed by atoms with van der Waals surface area (Å²) < 4.78 is 6.86. The Morgan fingerprint density at radius 1 is 1.04 bits per heavy atom. The summed E-state index contributed by atoms with van der Waals surface area (Å²) in [6.07, 6.45) is 5.53. The Morgan fingerprint density at radius 2 is 1.93 bits per heavy atom. The Balaban J connectivity index is 1.33. The van der Waals surface area contributed by atoms with Crippen molar-refractivity contribution in [3.63, 3.8) is 0 Å². The zero-order chi connectivity index (χ0) is 18.2.